The van der Waals surface area contributed by atoms with E-state index in [1.807, 2.05) is 0 Å². The van der Waals surface area contributed by atoms with Gasteiger partial charge < -0.3 is 24.3 Å². The third kappa shape index (κ3) is 13.3. The quantitative estimate of drug-likeness (QED) is 0.164. The molecule has 0 fully saturated rings. The monoisotopic (exact) mass is 484 g/mol. The maximum absolute atomic E-state index is 12.0. The topological polar surface area (TPSA) is 154 Å². The SMILES string of the molecule is CC1=CC(OC(=O)NCCCCCN=C(NC(=O)OC(C)(C)C)NC(=O)OC(C)(C)C)OC1=O. The van der Waals surface area contributed by atoms with Crippen molar-refractivity contribution in [3.05, 3.63) is 11.6 Å². The largest absolute Gasteiger partial charge is 0.444 e. The van der Waals surface area contributed by atoms with Gasteiger partial charge in [-0.3, -0.25) is 15.6 Å². The highest BCUT2D eigenvalue weighted by Gasteiger charge is 2.25. The smallest absolute Gasteiger partial charge is 0.414 e. The molecular weight excluding hydrogens is 448 g/mol. The molecule has 3 amide bonds. The molecule has 12 nitrogen and oxygen atoms in total. The van der Waals surface area contributed by atoms with Gasteiger partial charge in [-0.1, -0.05) is 0 Å². The van der Waals surface area contributed by atoms with Crippen LogP contribution in [0.15, 0.2) is 16.6 Å². The van der Waals surface area contributed by atoms with E-state index in [2.05, 4.69) is 20.9 Å². The molecule has 192 valence electrons. The summed E-state index contributed by atoms with van der Waals surface area (Å²) in [6.45, 7) is 12.5. The minimum Gasteiger partial charge on any atom is -0.444 e. The van der Waals surface area contributed by atoms with Crippen molar-refractivity contribution in [2.45, 2.75) is 85.2 Å². The Morgan fingerprint density at radius 1 is 0.941 bits per heavy atom. The van der Waals surface area contributed by atoms with E-state index in [0.29, 0.717) is 37.9 Å². The van der Waals surface area contributed by atoms with Gasteiger partial charge in [0.05, 0.1) is 0 Å². The molecule has 0 aromatic rings. The number of guanidine groups is 1. The summed E-state index contributed by atoms with van der Waals surface area (Å²) in [4.78, 5) is 51.2. The number of unbranched alkanes of at least 4 members (excludes halogenated alkanes) is 2. The first-order valence-corrected chi connectivity index (χ1v) is 11.0. The molecule has 0 aromatic heterocycles. The van der Waals surface area contributed by atoms with Crippen LogP contribution in [-0.2, 0) is 23.7 Å². The second-order valence-corrected chi connectivity index (χ2v) is 9.50. The lowest BCUT2D eigenvalue weighted by atomic mass is 10.2. The summed E-state index contributed by atoms with van der Waals surface area (Å²) >= 11 is 0. The highest BCUT2D eigenvalue weighted by atomic mass is 16.7. The highest BCUT2D eigenvalue weighted by molar-refractivity contribution is 6.01. The molecule has 3 N–H and O–H groups in total. The van der Waals surface area contributed by atoms with Crippen molar-refractivity contribution >= 4 is 30.2 Å². The number of carbonyl (C=O) groups excluding carboxylic acids is 4. The number of rotatable bonds is 7. The Labute approximate surface area is 199 Å². The number of hydrogen-bond acceptors (Lipinski definition) is 9. The third-order valence-corrected chi connectivity index (χ3v) is 3.77. The summed E-state index contributed by atoms with van der Waals surface area (Å²) in [7, 11) is 0. The molecule has 1 atom stereocenters. The standard InChI is InChI=1S/C22H36N4O8/c1-14-13-15(31-16(14)27)32-18(28)24-12-10-8-9-11-23-17(25-19(29)33-21(2,3)4)26-20(30)34-22(5,6)7/h13,15H,8-12H2,1-7H3,(H,24,28)(H2,23,25,26,29,30). The zero-order chi connectivity index (χ0) is 25.9. The number of hydrogen-bond donors (Lipinski definition) is 3. The summed E-state index contributed by atoms with van der Waals surface area (Å²) in [5, 5.41) is 7.39. The molecular formula is C22H36N4O8. The lowest BCUT2D eigenvalue weighted by Gasteiger charge is -2.22. The molecule has 1 heterocycles. The van der Waals surface area contributed by atoms with E-state index < -0.39 is 41.7 Å². The first-order valence-electron chi connectivity index (χ1n) is 11.0. The number of aliphatic imine (C=N–C) groups is 1. The van der Waals surface area contributed by atoms with Gasteiger partial charge in [0, 0.05) is 24.7 Å². The van der Waals surface area contributed by atoms with Crippen LogP contribution in [-0.4, -0.2) is 60.8 Å². The zero-order valence-electron chi connectivity index (χ0n) is 20.9. The molecule has 12 heteroatoms. The van der Waals surface area contributed by atoms with Crippen molar-refractivity contribution in [3.63, 3.8) is 0 Å². The van der Waals surface area contributed by atoms with Gasteiger partial charge in [-0.05, 0) is 67.7 Å². The van der Waals surface area contributed by atoms with Crippen molar-refractivity contribution in [1.82, 2.24) is 16.0 Å². The molecule has 1 aliphatic rings. The summed E-state index contributed by atoms with van der Waals surface area (Å²) < 4.78 is 20.2. The number of cyclic esters (lactones) is 1. The lowest BCUT2D eigenvalue weighted by molar-refractivity contribution is -0.151. The second-order valence-electron chi connectivity index (χ2n) is 9.50. The minimum atomic E-state index is -1.00. The van der Waals surface area contributed by atoms with Crippen LogP contribution in [0.5, 0.6) is 0 Å². The summed E-state index contributed by atoms with van der Waals surface area (Å²) in [6, 6.07) is 0. The first-order chi connectivity index (χ1) is 15.6. The molecule has 1 aliphatic heterocycles. The summed E-state index contributed by atoms with van der Waals surface area (Å²) in [5.74, 6) is -0.597. The Balaban J connectivity index is 2.41. The van der Waals surface area contributed by atoms with Crippen LogP contribution in [0.2, 0.25) is 0 Å². The van der Waals surface area contributed by atoms with E-state index in [1.54, 1.807) is 48.5 Å². The Hall–Kier alpha value is -3.31. The van der Waals surface area contributed by atoms with Crippen LogP contribution >= 0.6 is 0 Å². The predicted molar refractivity (Wildman–Crippen MR) is 123 cm³/mol. The molecule has 0 bridgehead atoms. The van der Waals surface area contributed by atoms with E-state index in [0.717, 1.165) is 0 Å². The van der Waals surface area contributed by atoms with Crippen molar-refractivity contribution in [2.75, 3.05) is 13.1 Å². The summed E-state index contributed by atoms with van der Waals surface area (Å²) in [5.41, 5.74) is -1.05. The van der Waals surface area contributed by atoms with Gasteiger partial charge >= 0.3 is 24.2 Å². The molecule has 1 unspecified atom stereocenters. The van der Waals surface area contributed by atoms with Gasteiger partial charge in [-0.15, -0.1) is 0 Å². The Morgan fingerprint density at radius 3 is 1.97 bits per heavy atom. The van der Waals surface area contributed by atoms with Crippen molar-refractivity contribution < 1.29 is 38.1 Å². The van der Waals surface area contributed by atoms with Crippen molar-refractivity contribution in [3.8, 4) is 0 Å². The minimum absolute atomic E-state index is 0.0836. The van der Waals surface area contributed by atoms with Crippen molar-refractivity contribution in [1.29, 1.82) is 0 Å². The number of nitrogens with one attached hydrogen (secondary N) is 3. The lowest BCUT2D eigenvalue weighted by Crippen LogP contribution is -2.47. The fourth-order valence-corrected chi connectivity index (χ4v) is 2.42. The molecule has 0 aromatic carbocycles. The number of esters is 1. The predicted octanol–water partition coefficient (Wildman–Crippen LogP) is 3.12. The van der Waals surface area contributed by atoms with Crippen molar-refractivity contribution in [2.24, 2.45) is 4.99 Å². The Bertz CT molecular complexity index is 777. The first kappa shape index (κ1) is 28.7. The molecule has 0 saturated carbocycles. The fraction of sp³-hybridized carbons (Fsp3) is 0.682. The number of alkyl carbamates (subject to hydrolysis) is 3. The molecule has 34 heavy (non-hydrogen) atoms. The average Bonchev–Trinajstić information content (AvgIpc) is 2.94. The molecule has 0 spiro atoms. The van der Waals surface area contributed by atoms with Gasteiger partial charge in [0.2, 0.25) is 5.96 Å². The molecule has 0 radical (unpaired) electrons. The van der Waals surface area contributed by atoms with Gasteiger partial charge in [0.25, 0.3) is 6.29 Å². The van der Waals surface area contributed by atoms with Gasteiger partial charge in [-0.2, -0.15) is 0 Å². The maximum atomic E-state index is 12.0. The van der Waals surface area contributed by atoms with Crippen LogP contribution < -0.4 is 16.0 Å². The normalized spacial score (nSPS) is 15.4. The second kappa shape index (κ2) is 12.8. The summed E-state index contributed by atoms with van der Waals surface area (Å²) in [6.07, 6.45) is 0.169. The highest BCUT2D eigenvalue weighted by Crippen LogP contribution is 2.13. The number of amides is 3. The molecule has 0 saturated heterocycles. The van der Waals surface area contributed by atoms with Crippen LogP contribution in [0.4, 0.5) is 14.4 Å². The van der Waals surface area contributed by atoms with E-state index >= 15 is 0 Å². The van der Waals surface area contributed by atoms with E-state index in [9.17, 15) is 19.2 Å². The van der Waals surface area contributed by atoms with Crippen LogP contribution in [0.3, 0.4) is 0 Å². The number of carbonyl (C=O) groups is 4. The van der Waals surface area contributed by atoms with Crippen LogP contribution in [0.25, 0.3) is 0 Å². The third-order valence-electron chi connectivity index (χ3n) is 3.77. The zero-order valence-corrected chi connectivity index (χ0v) is 20.9. The molecule has 1 rings (SSSR count). The van der Waals surface area contributed by atoms with Crippen LogP contribution in [0, 0.1) is 0 Å². The fourth-order valence-electron chi connectivity index (χ4n) is 2.42. The average molecular weight is 485 g/mol. The maximum Gasteiger partial charge on any atom is 0.414 e. The van der Waals surface area contributed by atoms with Gasteiger partial charge in [0.1, 0.15) is 11.2 Å². The number of ether oxygens (including phenoxy) is 4. The van der Waals surface area contributed by atoms with Gasteiger partial charge in [0.15, 0.2) is 0 Å². The number of nitrogens with zero attached hydrogens (tertiary/aromatic N) is 1. The van der Waals surface area contributed by atoms with E-state index in [-0.39, 0.29) is 5.96 Å². The Morgan fingerprint density at radius 2 is 1.50 bits per heavy atom. The van der Waals surface area contributed by atoms with E-state index in [4.69, 9.17) is 18.9 Å². The van der Waals surface area contributed by atoms with E-state index in [1.165, 1.54) is 6.08 Å². The molecule has 0 aliphatic carbocycles. The Kier molecular flexibility index (Phi) is 10.8. The van der Waals surface area contributed by atoms with Gasteiger partial charge in [-0.25, -0.2) is 19.2 Å². The van der Waals surface area contributed by atoms with Crippen LogP contribution in [0.1, 0.15) is 67.7 Å².